The van der Waals surface area contributed by atoms with Gasteiger partial charge in [-0.15, -0.1) is 0 Å². The average molecular weight is 247 g/mol. The van der Waals surface area contributed by atoms with Crippen LogP contribution in [0.25, 0.3) is 0 Å². The van der Waals surface area contributed by atoms with E-state index in [1.54, 1.807) is 0 Å². The summed E-state index contributed by atoms with van der Waals surface area (Å²) in [6.45, 7) is 1.20. The van der Waals surface area contributed by atoms with Crippen LogP contribution in [0, 0.1) is 0 Å². The monoisotopic (exact) mass is 246 g/mol. The first-order valence-corrected chi connectivity index (χ1v) is 7.82. The number of carboxylic acid groups (broad SMARTS) is 1. The second kappa shape index (κ2) is 7.99. The quantitative estimate of drug-likeness (QED) is 0.738. The number of carboxylic acids is 1. The van der Waals surface area contributed by atoms with Gasteiger partial charge in [-0.2, -0.15) is 0 Å². The van der Waals surface area contributed by atoms with Crippen molar-refractivity contribution in [3.63, 3.8) is 0 Å². The Kier molecular flexibility index (Phi) is 10.8. The van der Waals surface area contributed by atoms with E-state index < -0.39 is 24.4 Å². The van der Waals surface area contributed by atoms with Crippen LogP contribution >= 0.6 is 29.5 Å². The van der Waals surface area contributed by atoms with E-state index in [0.717, 1.165) is 0 Å². The molecule has 0 radical (unpaired) electrons. The van der Waals surface area contributed by atoms with Crippen LogP contribution in [0.4, 0.5) is 0 Å². The summed E-state index contributed by atoms with van der Waals surface area (Å²) in [5, 5.41) is 15.8. The molecular weight excluding hydrogens is 241 g/mol. The number of aliphatic hydroxyl groups excluding tert-OH is 1. The van der Waals surface area contributed by atoms with Gasteiger partial charge in [-0.1, -0.05) is 0 Å². The molecular formula is C3H6Cl3O3V. The number of hydrogen-bond acceptors (Lipinski definition) is 2. The van der Waals surface area contributed by atoms with Crippen molar-refractivity contribution in [2.24, 2.45) is 0 Å². The van der Waals surface area contributed by atoms with Crippen LogP contribution < -0.4 is 0 Å². The fraction of sp³-hybridized carbons (Fsp3) is 0.667. The molecule has 0 heterocycles. The maximum atomic E-state index is 9.45. The molecule has 0 saturated heterocycles. The van der Waals surface area contributed by atoms with Crippen molar-refractivity contribution >= 4 is 35.5 Å². The predicted octanol–water partition coefficient (Wildman–Crippen LogP) is 1.52. The molecule has 0 fully saturated rings. The van der Waals surface area contributed by atoms with Gasteiger partial charge >= 0.3 is 47.8 Å². The molecule has 0 rings (SSSR count). The van der Waals surface area contributed by atoms with Crippen molar-refractivity contribution in [1.29, 1.82) is 0 Å². The number of aliphatic hydroxyl groups is 1. The third-order valence-corrected chi connectivity index (χ3v) is 0.357. The summed E-state index contributed by atoms with van der Waals surface area (Å²) in [5.41, 5.74) is 0. The van der Waals surface area contributed by atoms with Gasteiger partial charge in [0.05, 0.1) is 0 Å². The minimum atomic E-state index is -1.77. The molecule has 0 aromatic heterocycles. The van der Waals surface area contributed by atoms with Crippen LogP contribution in [-0.2, 0) is 17.1 Å². The minimum absolute atomic E-state index is 1.19. The van der Waals surface area contributed by atoms with Crippen LogP contribution in [0.15, 0.2) is 0 Å². The summed E-state index contributed by atoms with van der Waals surface area (Å²) in [6, 6.07) is 0. The molecule has 0 aromatic carbocycles. The zero-order valence-electron chi connectivity index (χ0n) is 4.96. The Morgan fingerprint density at radius 3 is 1.60 bits per heavy atom. The van der Waals surface area contributed by atoms with E-state index in [4.69, 9.17) is 39.8 Å². The molecule has 2 N–H and O–H groups in total. The average Bonchev–Trinajstić information content (AvgIpc) is 1.63. The number of halogens is 3. The van der Waals surface area contributed by atoms with Gasteiger partial charge in [-0.05, 0) is 6.92 Å². The number of rotatable bonds is 1. The first kappa shape index (κ1) is 13.5. The third kappa shape index (κ3) is 23.1. The Hall–Kier alpha value is 0.884. The molecule has 0 amide bonds. The van der Waals surface area contributed by atoms with Crippen molar-refractivity contribution in [1.82, 2.24) is 0 Å². The first-order valence-electron chi connectivity index (χ1n) is 2.06. The van der Waals surface area contributed by atoms with Gasteiger partial charge in [0.25, 0.3) is 0 Å². The van der Waals surface area contributed by atoms with Gasteiger partial charge in [0.2, 0.25) is 0 Å². The SMILES string of the molecule is CC(O)C(=O)O.[Cl][V]([Cl])[Cl]. The second-order valence-corrected chi connectivity index (χ2v) is 8.13. The molecule has 62 valence electrons. The van der Waals surface area contributed by atoms with Gasteiger partial charge in [0.1, 0.15) is 6.10 Å². The van der Waals surface area contributed by atoms with E-state index in [0.29, 0.717) is 0 Å². The summed E-state index contributed by atoms with van der Waals surface area (Å²) in [4.78, 5) is 9.45. The van der Waals surface area contributed by atoms with Crippen LogP contribution in [0.1, 0.15) is 6.92 Å². The van der Waals surface area contributed by atoms with E-state index in [-0.39, 0.29) is 0 Å². The van der Waals surface area contributed by atoms with E-state index in [9.17, 15) is 4.79 Å². The third-order valence-electron chi connectivity index (χ3n) is 0.357. The first-order chi connectivity index (χ1) is 4.37. The Morgan fingerprint density at radius 1 is 1.50 bits per heavy atom. The fourth-order valence-corrected chi connectivity index (χ4v) is 0. The van der Waals surface area contributed by atoms with Crippen LogP contribution in [0.3, 0.4) is 0 Å². The molecule has 3 nitrogen and oxygen atoms in total. The van der Waals surface area contributed by atoms with Crippen molar-refractivity contribution in [2.75, 3.05) is 0 Å². The van der Waals surface area contributed by atoms with Crippen LogP contribution in [-0.4, -0.2) is 22.3 Å². The number of hydrogen-bond donors (Lipinski definition) is 2. The van der Waals surface area contributed by atoms with Gasteiger partial charge in [-0.25, -0.2) is 4.79 Å². The van der Waals surface area contributed by atoms with Crippen molar-refractivity contribution in [3.8, 4) is 0 Å². The Bertz CT molecular complexity index is 94.2. The molecule has 0 aromatic rings. The Morgan fingerprint density at radius 2 is 1.60 bits per heavy atom. The molecule has 0 saturated carbocycles. The molecule has 1 atom stereocenters. The predicted molar refractivity (Wildman–Crippen MR) is 36.9 cm³/mol. The maximum absolute atomic E-state index is 9.45. The zero-order valence-corrected chi connectivity index (χ0v) is 8.63. The second-order valence-electron chi connectivity index (χ2n) is 1.21. The van der Waals surface area contributed by atoms with E-state index >= 15 is 0 Å². The summed E-state index contributed by atoms with van der Waals surface area (Å²) >= 11 is -1.77. The summed E-state index contributed by atoms with van der Waals surface area (Å²) in [7, 11) is 14.9. The topological polar surface area (TPSA) is 57.5 Å². The summed E-state index contributed by atoms with van der Waals surface area (Å²) in [5.74, 6) is -1.19. The molecule has 0 aliphatic heterocycles. The standard InChI is InChI=1S/C3H6O3.3ClH.V/c1-2(4)3(5)6;;;;/h2,4H,1H3,(H,5,6);3*1H;/q;;;;+3/p-3. The van der Waals surface area contributed by atoms with Crippen LogP contribution in [0.2, 0.25) is 0 Å². The van der Waals surface area contributed by atoms with Gasteiger partial charge in [0.15, 0.2) is 0 Å². The molecule has 1 unspecified atom stereocenters. The van der Waals surface area contributed by atoms with Gasteiger partial charge in [-0.3, -0.25) is 0 Å². The van der Waals surface area contributed by atoms with E-state index in [1.807, 2.05) is 0 Å². The van der Waals surface area contributed by atoms with Gasteiger partial charge < -0.3 is 10.2 Å². The van der Waals surface area contributed by atoms with Crippen LogP contribution in [0.5, 0.6) is 0 Å². The molecule has 0 aliphatic rings. The molecule has 0 spiro atoms. The molecule has 0 bridgehead atoms. The van der Waals surface area contributed by atoms with E-state index in [2.05, 4.69) is 0 Å². The van der Waals surface area contributed by atoms with Crippen molar-refractivity contribution in [3.05, 3.63) is 0 Å². The summed E-state index contributed by atoms with van der Waals surface area (Å²) < 4.78 is 0. The molecule has 7 heteroatoms. The fourth-order valence-electron chi connectivity index (χ4n) is 0. The summed E-state index contributed by atoms with van der Waals surface area (Å²) in [6.07, 6.45) is -1.23. The van der Waals surface area contributed by atoms with Crippen molar-refractivity contribution in [2.45, 2.75) is 13.0 Å². The van der Waals surface area contributed by atoms with Crippen molar-refractivity contribution < 1.29 is 27.3 Å². The van der Waals surface area contributed by atoms with E-state index in [1.165, 1.54) is 6.92 Å². The normalized spacial score (nSPS) is 11.8. The molecule has 0 aliphatic carbocycles. The Balaban J connectivity index is 0. The number of carbonyl (C=O) groups is 1. The number of aliphatic carboxylic acids is 1. The Labute approximate surface area is 75.7 Å². The zero-order chi connectivity index (χ0) is 8.73. The molecule has 10 heavy (non-hydrogen) atoms. The van der Waals surface area contributed by atoms with Gasteiger partial charge in [0, 0.05) is 0 Å².